The topological polar surface area (TPSA) is 26.7 Å². The predicted molar refractivity (Wildman–Crippen MR) is 76.0 cm³/mol. The van der Waals surface area contributed by atoms with Crippen molar-refractivity contribution < 1.29 is 5.11 Å². The first-order valence-corrected chi connectivity index (χ1v) is 6.53. The van der Waals surface area contributed by atoms with Gasteiger partial charge in [0.05, 0.1) is 6.10 Å². The standard InChI is InChI=1S/C15H22N2O/c1-3-15(18)12-16-8-10-17(11-9-16)14-6-4-13(2)5-7-14/h3-7,15,18H,1,8-12H2,2H3/t15-/m0/s1. The number of aliphatic hydroxyl groups is 1. The number of anilines is 1. The van der Waals surface area contributed by atoms with Crippen molar-refractivity contribution in [3.63, 3.8) is 0 Å². The van der Waals surface area contributed by atoms with Crippen LogP contribution in [0.15, 0.2) is 36.9 Å². The second kappa shape index (κ2) is 6.03. The van der Waals surface area contributed by atoms with Crippen molar-refractivity contribution in [2.24, 2.45) is 0 Å². The van der Waals surface area contributed by atoms with Crippen molar-refractivity contribution in [1.29, 1.82) is 0 Å². The fraction of sp³-hybridized carbons (Fsp3) is 0.467. The molecule has 0 radical (unpaired) electrons. The Morgan fingerprint density at radius 3 is 2.39 bits per heavy atom. The van der Waals surface area contributed by atoms with Crippen LogP contribution in [0.1, 0.15) is 5.56 Å². The highest BCUT2D eigenvalue weighted by Crippen LogP contribution is 2.17. The van der Waals surface area contributed by atoms with Gasteiger partial charge in [0.25, 0.3) is 0 Å². The molecule has 0 aliphatic carbocycles. The van der Waals surface area contributed by atoms with Crippen LogP contribution >= 0.6 is 0 Å². The number of piperazine rings is 1. The summed E-state index contributed by atoms with van der Waals surface area (Å²) in [6, 6.07) is 8.68. The molecule has 1 aromatic rings. The molecule has 1 aromatic carbocycles. The maximum atomic E-state index is 9.55. The first-order valence-electron chi connectivity index (χ1n) is 6.53. The van der Waals surface area contributed by atoms with Crippen molar-refractivity contribution >= 4 is 5.69 Å². The van der Waals surface area contributed by atoms with Gasteiger partial charge in [0.1, 0.15) is 0 Å². The van der Waals surface area contributed by atoms with Crippen molar-refractivity contribution in [1.82, 2.24) is 4.90 Å². The van der Waals surface area contributed by atoms with Crippen molar-refractivity contribution in [3.05, 3.63) is 42.5 Å². The molecule has 0 unspecified atom stereocenters. The molecule has 18 heavy (non-hydrogen) atoms. The molecule has 3 heteroatoms. The van der Waals surface area contributed by atoms with Crippen molar-refractivity contribution in [2.75, 3.05) is 37.6 Å². The third kappa shape index (κ3) is 3.34. The second-order valence-electron chi connectivity index (χ2n) is 4.93. The quantitative estimate of drug-likeness (QED) is 0.819. The van der Waals surface area contributed by atoms with E-state index in [4.69, 9.17) is 0 Å². The van der Waals surface area contributed by atoms with E-state index in [9.17, 15) is 5.11 Å². The van der Waals surface area contributed by atoms with E-state index in [-0.39, 0.29) is 0 Å². The van der Waals surface area contributed by atoms with E-state index in [1.54, 1.807) is 6.08 Å². The minimum atomic E-state index is -0.407. The lowest BCUT2D eigenvalue weighted by Gasteiger charge is -2.36. The van der Waals surface area contributed by atoms with Crippen LogP contribution < -0.4 is 4.90 Å². The van der Waals surface area contributed by atoms with Crippen molar-refractivity contribution in [2.45, 2.75) is 13.0 Å². The highest BCUT2D eigenvalue weighted by Gasteiger charge is 2.18. The fourth-order valence-corrected chi connectivity index (χ4v) is 2.28. The molecule has 1 aliphatic rings. The Kier molecular flexibility index (Phi) is 4.39. The monoisotopic (exact) mass is 246 g/mol. The largest absolute Gasteiger partial charge is 0.388 e. The molecule has 1 saturated heterocycles. The van der Waals surface area contributed by atoms with Gasteiger partial charge < -0.3 is 10.0 Å². The number of aryl methyl sites for hydroxylation is 1. The van der Waals surface area contributed by atoms with Crippen LogP contribution in [-0.2, 0) is 0 Å². The molecule has 1 atom stereocenters. The third-order valence-corrected chi connectivity index (χ3v) is 3.49. The Bertz CT molecular complexity index is 380. The minimum Gasteiger partial charge on any atom is -0.388 e. The van der Waals surface area contributed by atoms with Crippen LogP contribution in [0.2, 0.25) is 0 Å². The van der Waals surface area contributed by atoms with Crippen LogP contribution in [-0.4, -0.2) is 48.8 Å². The van der Waals surface area contributed by atoms with Gasteiger partial charge in [-0.05, 0) is 19.1 Å². The number of hydrogen-bond acceptors (Lipinski definition) is 3. The van der Waals surface area contributed by atoms with Gasteiger partial charge in [-0.2, -0.15) is 0 Å². The summed E-state index contributed by atoms with van der Waals surface area (Å²) in [5.74, 6) is 0. The normalized spacial score (nSPS) is 18.7. The zero-order valence-corrected chi connectivity index (χ0v) is 11.0. The van der Waals surface area contributed by atoms with Gasteiger partial charge in [-0.25, -0.2) is 0 Å². The molecular formula is C15H22N2O. The number of β-amino-alcohol motifs (C(OH)–C–C–N with tert-alkyl or cyclic N) is 1. The lowest BCUT2D eigenvalue weighted by atomic mass is 10.2. The molecule has 1 N–H and O–H groups in total. The van der Waals surface area contributed by atoms with Gasteiger partial charge in [-0.15, -0.1) is 6.58 Å². The summed E-state index contributed by atoms with van der Waals surface area (Å²) < 4.78 is 0. The predicted octanol–water partition coefficient (Wildman–Crippen LogP) is 1.66. The summed E-state index contributed by atoms with van der Waals surface area (Å²) in [4.78, 5) is 4.69. The average molecular weight is 246 g/mol. The molecule has 1 aliphatic heterocycles. The molecule has 3 nitrogen and oxygen atoms in total. The van der Waals surface area contributed by atoms with E-state index < -0.39 is 6.10 Å². The van der Waals surface area contributed by atoms with E-state index >= 15 is 0 Å². The molecular weight excluding hydrogens is 224 g/mol. The molecule has 1 fully saturated rings. The summed E-state index contributed by atoms with van der Waals surface area (Å²) in [5, 5.41) is 9.55. The van der Waals surface area contributed by atoms with E-state index in [0.29, 0.717) is 6.54 Å². The number of benzene rings is 1. The Morgan fingerprint density at radius 1 is 1.22 bits per heavy atom. The number of hydrogen-bond donors (Lipinski definition) is 1. The smallest absolute Gasteiger partial charge is 0.0845 e. The first-order chi connectivity index (χ1) is 8.69. The first kappa shape index (κ1) is 13.1. The summed E-state index contributed by atoms with van der Waals surface area (Å²) in [6.45, 7) is 10.5. The molecule has 2 rings (SSSR count). The van der Waals surface area contributed by atoms with E-state index in [1.165, 1.54) is 11.3 Å². The van der Waals surface area contributed by atoms with Gasteiger partial charge in [-0.1, -0.05) is 23.8 Å². The maximum absolute atomic E-state index is 9.55. The molecule has 0 amide bonds. The molecule has 0 bridgehead atoms. The Labute approximate surface area is 109 Å². The summed E-state index contributed by atoms with van der Waals surface area (Å²) >= 11 is 0. The Morgan fingerprint density at radius 2 is 1.83 bits per heavy atom. The van der Waals surface area contributed by atoms with Crippen LogP contribution in [0.3, 0.4) is 0 Å². The highest BCUT2D eigenvalue weighted by atomic mass is 16.3. The minimum absolute atomic E-state index is 0.407. The average Bonchev–Trinajstić information content (AvgIpc) is 2.40. The van der Waals surface area contributed by atoms with Gasteiger partial charge in [0.15, 0.2) is 0 Å². The van der Waals surface area contributed by atoms with Gasteiger partial charge in [-0.3, -0.25) is 4.90 Å². The number of nitrogens with zero attached hydrogens (tertiary/aromatic N) is 2. The molecule has 98 valence electrons. The van der Waals surface area contributed by atoms with Crippen LogP contribution in [0.4, 0.5) is 5.69 Å². The summed E-state index contributed by atoms with van der Waals surface area (Å²) in [6.07, 6.45) is 1.20. The fourth-order valence-electron chi connectivity index (χ4n) is 2.28. The summed E-state index contributed by atoms with van der Waals surface area (Å²) in [7, 11) is 0. The zero-order valence-electron chi connectivity index (χ0n) is 11.0. The lowest BCUT2D eigenvalue weighted by molar-refractivity contribution is 0.142. The Balaban J connectivity index is 1.86. The van der Waals surface area contributed by atoms with Crippen molar-refractivity contribution in [3.8, 4) is 0 Å². The van der Waals surface area contributed by atoms with E-state index in [0.717, 1.165) is 26.2 Å². The van der Waals surface area contributed by atoms with Crippen LogP contribution in [0.5, 0.6) is 0 Å². The van der Waals surface area contributed by atoms with Crippen LogP contribution in [0, 0.1) is 6.92 Å². The summed E-state index contributed by atoms with van der Waals surface area (Å²) in [5.41, 5.74) is 2.59. The lowest BCUT2D eigenvalue weighted by Crippen LogP contribution is -2.48. The molecule has 0 spiro atoms. The van der Waals surface area contributed by atoms with E-state index in [2.05, 4.69) is 47.6 Å². The van der Waals surface area contributed by atoms with Gasteiger partial charge >= 0.3 is 0 Å². The second-order valence-corrected chi connectivity index (χ2v) is 4.93. The SMILES string of the molecule is C=C[C@H](O)CN1CCN(c2ccc(C)cc2)CC1. The maximum Gasteiger partial charge on any atom is 0.0845 e. The van der Waals surface area contributed by atoms with E-state index in [1.807, 2.05) is 0 Å². The van der Waals surface area contributed by atoms with Gasteiger partial charge in [0, 0.05) is 38.4 Å². The molecule has 0 saturated carbocycles. The number of rotatable bonds is 4. The highest BCUT2D eigenvalue weighted by molar-refractivity contribution is 5.47. The zero-order chi connectivity index (χ0) is 13.0. The molecule has 0 aromatic heterocycles. The Hall–Kier alpha value is -1.32. The van der Waals surface area contributed by atoms with Gasteiger partial charge in [0.2, 0.25) is 0 Å². The van der Waals surface area contributed by atoms with Crippen LogP contribution in [0.25, 0.3) is 0 Å². The number of aliphatic hydroxyl groups excluding tert-OH is 1. The third-order valence-electron chi connectivity index (χ3n) is 3.49. The molecule has 1 heterocycles.